The van der Waals surface area contributed by atoms with Gasteiger partial charge in [-0.3, -0.25) is 33.6 Å². The van der Waals surface area contributed by atoms with Gasteiger partial charge in [0.2, 0.25) is 35.4 Å². The lowest BCUT2D eigenvalue weighted by Gasteiger charge is -2.31. The van der Waals surface area contributed by atoms with Crippen molar-refractivity contribution in [3.63, 3.8) is 0 Å². The largest absolute Gasteiger partial charge is 0.458 e. The molecule has 2 aromatic heterocycles. The summed E-state index contributed by atoms with van der Waals surface area (Å²) >= 11 is 0. The molecule has 22 heteroatoms. The van der Waals surface area contributed by atoms with Gasteiger partial charge in [-0.05, 0) is 81.7 Å². The van der Waals surface area contributed by atoms with E-state index in [1.165, 1.54) is 10.6 Å². The van der Waals surface area contributed by atoms with Crippen molar-refractivity contribution < 1.29 is 57.3 Å². The second kappa shape index (κ2) is 22.3. The van der Waals surface area contributed by atoms with E-state index in [0.717, 1.165) is 5.56 Å². The van der Waals surface area contributed by atoms with Gasteiger partial charge in [0.15, 0.2) is 5.60 Å². The van der Waals surface area contributed by atoms with E-state index in [9.17, 15) is 48.3 Å². The third-order valence-electron chi connectivity index (χ3n) is 12.9. The van der Waals surface area contributed by atoms with Gasteiger partial charge in [-0.1, -0.05) is 37.3 Å². The van der Waals surface area contributed by atoms with Crippen LogP contribution in [-0.4, -0.2) is 107 Å². The van der Waals surface area contributed by atoms with E-state index >= 15 is 4.39 Å². The van der Waals surface area contributed by atoms with Gasteiger partial charge in [0.25, 0.3) is 5.56 Å². The van der Waals surface area contributed by atoms with Gasteiger partial charge in [0, 0.05) is 54.9 Å². The molecule has 8 N–H and O–H groups in total. The van der Waals surface area contributed by atoms with Crippen LogP contribution in [0.3, 0.4) is 0 Å². The van der Waals surface area contributed by atoms with Gasteiger partial charge >= 0.3 is 12.1 Å². The van der Waals surface area contributed by atoms with Gasteiger partial charge in [-0.15, -0.1) is 0 Å². The number of cyclic esters (lactones) is 1. The number of benzene rings is 2. The Morgan fingerprint density at radius 3 is 2.30 bits per heavy atom. The van der Waals surface area contributed by atoms with E-state index in [2.05, 4.69) is 37.2 Å². The molecule has 73 heavy (non-hydrogen) atoms. The van der Waals surface area contributed by atoms with Crippen LogP contribution in [-0.2, 0) is 74.6 Å². The number of hydrogen-bond donors (Lipinski definition) is 8. The summed E-state index contributed by atoms with van der Waals surface area (Å²) in [5.74, 6) is -4.78. The number of alkyl carbamates (subject to hydrolysis) is 1. The van der Waals surface area contributed by atoms with Crippen molar-refractivity contribution in [2.45, 2.75) is 116 Å². The van der Waals surface area contributed by atoms with Gasteiger partial charge < -0.3 is 56.4 Å². The second-order valence-electron chi connectivity index (χ2n) is 19.2. The predicted molar refractivity (Wildman–Crippen MR) is 261 cm³/mol. The van der Waals surface area contributed by atoms with Crippen LogP contribution in [0, 0.1) is 12.7 Å². The number of nitrogens with one attached hydrogen (secondary N) is 7. The third kappa shape index (κ3) is 12.3. The summed E-state index contributed by atoms with van der Waals surface area (Å²) in [5, 5.41) is 30.1. The van der Waals surface area contributed by atoms with Crippen molar-refractivity contribution in [2.24, 2.45) is 0 Å². The Kier molecular flexibility index (Phi) is 16.2. The first-order chi connectivity index (χ1) is 34.7. The number of carbonyl (C=O) groups is 8. The zero-order valence-electron chi connectivity index (χ0n) is 41.3. The molecule has 7 rings (SSSR count). The molecular formula is C51H60FN9O12. The summed E-state index contributed by atoms with van der Waals surface area (Å²) in [6, 6.07) is 10.0. The van der Waals surface area contributed by atoms with Crippen molar-refractivity contribution in [1.82, 2.24) is 46.8 Å². The third-order valence-corrected chi connectivity index (χ3v) is 12.9. The first-order valence-corrected chi connectivity index (χ1v) is 24.2. The second-order valence-corrected chi connectivity index (χ2v) is 19.2. The van der Waals surface area contributed by atoms with Crippen LogP contribution in [0.4, 0.5) is 9.18 Å². The molecule has 0 spiro atoms. The molecule has 2 aromatic carbocycles. The van der Waals surface area contributed by atoms with Crippen molar-refractivity contribution in [3.8, 4) is 11.4 Å². The Morgan fingerprint density at radius 2 is 1.58 bits per heavy atom. The normalized spacial score (nSPS) is 16.6. The fraction of sp³-hybridized carbons (Fsp3) is 0.451. The van der Waals surface area contributed by atoms with E-state index in [-0.39, 0.29) is 75.4 Å². The van der Waals surface area contributed by atoms with Crippen molar-refractivity contribution >= 4 is 58.4 Å². The quantitative estimate of drug-likeness (QED) is 0.0431. The Labute approximate surface area is 419 Å². The van der Waals surface area contributed by atoms with Crippen molar-refractivity contribution in [3.05, 3.63) is 97.6 Å². The number of carbonyl (C=O) groups excluding carboxylic acids is 8. The minimum Gasteiger partial charge on any atom is -0.458 e. The molecule has 2 aliphatic heterocycles. The van der Waals surface area contributed by atoms with Gasteiger partial charge in [-0.25, -0.2) is 19.0 Å². The molecule has 3 aliphatic rings. The topological polar surface area (TPSA) is 294 Å². The molecule has 0 bridgehead atoms. The maximum Gasteiger partial charge on any atom is 0.407 e. The minimum atomic E-state index is -2.04. The number of aryl methyl sites for hydroxylation is 1. The highest BCUT2D eigenvalue weighted by atomic mass is 19.1. The lowest BCUT2D eigenvalue weighted by Crippen LogP contribution is -2.52. The van der Waals surface area contributed by atoms with E-state index in [4.69, 9.17) is 14.5 Å². The maximum absolute atomic E-state index is 15.4. The Balaban J connectivity index is 0.904. The monoisotopic (exact) mass is 1010 g/mol. The lowest BCUT2D eigenvalue weighted by atomic mass is 9.81. The first kappa shape index (κ1) is 53.1. The lowest BCUT2D eigenvalue weighted by molar-refractivity contribution is -0.172. The van der Waals surface area contributed by atoms with Crippen molar-refractivity contribution in [2.75, 3.05) is 32.7 Å². The smallest absolute Gasteiger partial charge is 0.407 e. The van der Waals surface area contributed by atoms with Crippen LogP contribution in [0.2, 0.25) is 0 Å². The van der Waals surface area contributed by atoms with Crippen LogP contribution < -0.4 is 42.8 Å². The standard InChI is InChI=1S/C51H60FN9O12/c1-6-51(71)32-20-37-45-30(25-61(37)47(68)31(32)26-72-48(51)69)44-34(15-14-29-27(2)33(52)21-35(60-45)43(29)44)58-39(63)13-10-17-53-40(64)23-57-46(67)36(19-28-11-8-7-9-12-28)59-42(66)24-56-41(65)22-55-38(62)16-18-54-49(70)73-50(3,4)5/h7-9,11-12,20-21,34,36,71H,6,10,13-19,22-26H2,1-5H3,(H,53,64)(H,54,70)(H,55,62)(H,56,65)(H,57,67)(H,58,63)(H,59,66)/t34-,36?,51-/m0/s1. The molecule has 1 unspecified atom stereocenters. The number of pyridine rings is 2. The summed E-state index contributed by atoms with van der Waals surface area (Å²) < 4.78 is 27.2. The number of aromatic nitrogens is 2. The average Bonchev–Trinajstić information content (AvgIpc) is 3.72. The SMILES string of the molecule is CC[C@@]1(O)C(=O)OCc2c1cc1n(c2=O)Cc2c-1nc1cc(F)c(C)c3c1c2[C@@H](NC(=O)CCCNC(=O)CNC(=O)C(Cc1ccccc1)NC(=O)CNC(=O)CNC(=O)CCNC(=O)OC(C)(C)C)CC3. The van der Waals surface area contributed by atoms with Crippen molar-refractivity contribution in [1.29, 1.82) is 0 Å². The summed E-state index contributed by atoms with van der Waals surface area (Å²) in [4.78, 5) is 121. The van der Waals surface area contributed by atoms with E-state index in [0.29, 0.717) is 57.4 Å². The highest BCUT2D eigenvalue weighted by Gasteiger charge is 2.46. The first-order valence-electron chi connectivity index (χ1n) is 24.2. The molecule has 1 aliphatic carbocycles. The molecule has 0 saturated heterocycles. The van der Waals surface area contributed by atoms with Crippen LogP contribution >= 0.6 is 0 Å². The average molecular weight is 1010 g/mol. The molecule has 388 valence electrons. The molecule has 4 heterocycles. The maximum atomic E-state index is 15.4. The fourth-order valence-corrected chi connectivity index (χ4v) is 9.20. The van der Waals surface area contributed by atoms with Crippen LogP contribution in [0.15, 0.2) is 47.3 Å². The summed E-state index contributed by atoms with van der Waals surface area (Å²) in [6.45, 7) is 6.81. The zero-order chi connectivity index (χ0) is 52.8. The summed E-state index contributed by atoms with van der Waals surface area (Å²) in [5.41, 5.74) is 1.46. The summed E-state index contributed by atoms with van der Waals surface area (Å²) in [7, 11) is 0. The Morgan fingerprint density at radius 1 is 0.877 bits per heavy atom. The van der Waals surface area contributed by atoms with E-state index in [1.54, 1.807) is 71.0 Å². The number of fused-ring (bicyclic) bond motifs is 5. The minimum absolute atomic E-state index is 0.00626. The number of hydrogen-bond acceptors (Lipinski definition) is 13. The molecule has 0 saturated carbocycles. The summed E-state index contributed by atoms with van der Waals surface area (Å²) in [6.07, 6.45) is 0.300. The highest BCUT2D eigenvalue weighted by Crippen LogP contribution is 2.46. The van der Waals surface area contributed by atoms with Crippen LogP contribution in [0.5, 0.6) is 0 Å². The van der Waals surface area contributed by atoms with E-state index in [1.807, 2.05) is 0 Å². The number of esters is 1. The molecule has 21 nitrogen and oxygen atoms in total. The molecule has 0 radical (unpaired) electrons. The highest BCUT2D eigenvalue weighted by molar-refractivity contribution is 5.95. The molecule has 0 fully saturated rings. The van der Waals surface area contributed by atoms with Gasteiger partial charge in [0.1, 0.15) is 24.1 Å². The Bertz CT molecular complexity index is 2940. The number of amides is 7. The van der Waals surface area contributed by atoms with Crippen LogP contribution in [0.1, 0.15) is 105 Å². The van der Waals surface area contributed by atoms with Gasteiger partial charge in [-0.2, -0.15) is 0 Å². The number of aliphatic hydroxyl groups is 1. The fourth-order valence-electron chi connectivity index (χ4n) is 9.20. The molecule has 7 amide bonds. The molecule has 3 atom stereocenters. The van der Waals surface area contributed by atoms with E-state index < -0.39 is 95.9 Å². The number of nitrogens with zero attached hydrogens (tertiary/aromatic N) is 2. The number of ether oxygens (including phenoxy) is 2. The number of halogens is 1. The Hall–Kier alpha value is -7.75. The zero-order valence-corrected chi connectivity index (χ0v) is 41.3. The predicted octanol–water partition coefficient (Wildman–Crippen LogP) is 1.52. The number of rotatable bonds is 19. The molecular weight excluding hydrogens is 950 g/mol. The van der Waals surface area contributed by atoms with Gasteiger partial charge in [0.05, 0.1) is 54.7 Å². The molecule has 4 aromatic rings. The van der Waals surface area contributed by atoms with Crippen LogP contribution in [0.25, 0.3) is 22.3 Å².